The predicted octanol–water partition coefficient (Wildman–Crippen LogP) is 1.97. The highest BCUT2D eigenvalue weighted by molar-refractivity contribution is 5.60. The fourth-order valence-electron chi connectivity index (χ4n) is 1.60. The number of phenols is 2. The Morgan fingerprint density at radius 2 is 1.57 bits per heavy atom. The molecule has 0 aliphatic carbocycles. The second-order valence-corrected chi connectivity index (χ2v) is 4.54. The minimum atomic E-state index is -0.865. The summed E-state index contributed by atoms with van der Waals surface area (Å²) in [6.45, 7) is 3.31. The zero-order chi connectivity index (χ0) is 16.0. The first kappa shape index (κ1) is 16.5. The molecule has 0 amide bonds. The zero-order valence-corrected chi connectivity index (χ0v) is 11.9. The number of benzene rings is 2. The minimum Gasteiger partial charge on any atom is -0.508 e. The summed E-state index contributed by atoms with van der Waals surface area (Å²) in [4.78, 5) is 0. The van der Waals surface area contributed by atoms with Crippen LogP contribution in [0.25, 0.3) is 0 Å². The van der Waals surface area contributed by atoms with Gasteiger partial charge in [-0.3, -0.25) is 0 Å². The standard InChI is InChI=1S/C8H12N2O2.C7H8O2/c1-5(11)12-8-3-2-6(9)4-7(8)10;1-5-2-6(8)4-7(9)3-5/h2-5,11H,9-10H2,1H3;2-4,8-9H,1H3. The molecule has 2 aromatic rings. The Balaban J connectivity index is 0.000000219. The van der Waals surface area contributed by atoms with E-state index in [-0.39, 0.29) is 11.5 Å². The van der Waals surface area contributed by atoms with Gasteiger partial charge in [-0.15, -0.1) is 0 Å². The molecule has 0 spiro atoms. The summed E-state index contributed by atoms with van der Waals surface area (Å²) in [5.41, 5.74) is 12.9. The van der Waals surface area contributed by atoms with Gasteiger partial charge < -0.3 is 31.5 Å². The van der Waals surface area contributed by atoms with Gasteiger partial charge in [-0.2, -0.15) is 0 Å². The molecule has 2 aromatic carbocycles. The van der Waals surface area contributed by atoms with Crippen LogP contribution in [0.5, 0.6) is 17.2 Å². The number of aliphatic hydroxyl groups excluding tert-OH is 1. The molecule has 0 radical (unpaired) electrons. The first-order valence-electron chi connectivity index (χ1n) is 6.27. The molecule has 21 heavy (non-hydrogen) atoms. The molecule has 1 unspecified atom stereocenters. The molecule has 0 fully saturated rings. The van der Waals surface area contributed by atoms with Crippen LogP contribution in [0.4, 0.5) is 11.4 Å². The van der Waals surface area contributed by atoms with E-state index in [9.17, 15) is 0 Å². The molecule has 7 N–H and O–H groups in total. The van der Waals surface area contributed by atoms with E-state index >= 15 is 0 Å². The van der Waals surface area contributed by atoms with Gasteiger partial charge in [-0.25, -0.2) is 0 Å². The van der Waals surface area contributed by atoms with Gasteiger partial charge in [0, 0.05) is 11.8 Å². The Bertz CT molecular complexity index is 550. The highest BCUT2D eigenvalue weighted by atomic mass is 16.6. The molecule has 1 atom stereocenters. The van der Waals surface area contributed by atoms with Crippen molar-refractivity contribution in [1.82, 2.24) is 0 Å². The molecule has 0 heterocycles. The third-order valence-electron chi connectivity index (χ3n) is 2.38. The lowest BCUT2D eigenvalue weighted by Crippen LogP contribution is -2.10. The van der Waals surface area contributed by atoms with Crippen molar-refractivity contribution in [3.05, 3.63) is 42.0 Å². The Labute approximate surface area is 123 Å². The quantitative estimate of drug-likeness (QED) is 0.426. The van der Waals surface area contributed by atoms with Crippen molar-refractivity contribution in [2.75, 3.05) is 11.5 Å². The van der Waals surface area contributed by atoms with Crippen molar-refractivity contribution in [2.24, 2.45) is 0 Å². The topological polar surface area (TPSA) is 122 Å². The number of rotatable bonds is 2. The largest absolute Gasteiger partial charge is 0.508 e. The summed E-state index contributed by atoms with van der Waals surface area (Å²) in [5, 5.41) is 26.6. The van der Waals surface area contributed by atoms with Crippen LogP contribution < -0.4 is 16.2 Å². The average Bonchev–Trinajstić information content (AvgIpc) is 2.31. The van der Waals surface area contributed by atoms with Crippen molar-refractivity contribution in [1.29, 1.82) is 0 Å². The van der Waals surface area contributed by atoms with Crippen LogP contribution in [-0.4, -0.2) is 21.6 Å². The molecule has 6 heteroatoms. The molecular weight excluding hydrogens is 272 g/mol. The van der Waals surface area contributed by atoms with Gasteiger partial charge in [0.05, 0.1) is 5.69 Å². The van der Waals surface area contributed by atoms with E-state index in [1.165, 1.54) is 13.0 Å². The number of ether oxygens (including phenoxy) is 1. The average molecular weight is 292 g/mol. The molecule has 2 rings (SSSR count). The van der Waals surface area contributed by atoms with Gasteiger partial charge in [-0.05, 0) is 49.7 Å². The van der Waals surface area contributed by atoms with Gasteiger partial charge >= 0.3 is 0 Å². The molecule has 0 saturated carbocycles. The molecule has 0 aliphatic rings. The highest BCUT2D eigenvalue weighted by Gasteiger charge is 2.02. The van der Waals surface area contributed by atoms with Crippen molar-refractivity contribution in [3.63, 3.8) is 0 Å². The number of aliphatic hydroxyl groups is 1. The molecule has 0 bridgehead atoms. The van der Waals surface area contributed by atoms with Gasteiger partial charge in [-0.1, -0.05) is 0 Å². The number of hydrogen-bond acceptors (Lipinski definition) is 6. The first-order chi connectivity index (χ1) is 9.77. The summed E-state index contributed by atoms with van der Waals surface area (Å²) in [7, 11) is 0. The molecule has 0 saturated heterocycles. The second-order valence-electron chi connectivity index (χ2n) is 4.54. The van der Waals surface area contributed by atoms with E-state index in [1.54, 1.807) is 37.3 Å². The summed E-state index contributed by atoms with van der Waals surface area (Å²) >= 11 is 0. The Morgan fingerprint density at radius 3 is 2.00 bits per heavy atom. The molecule has 6 nitrogen and oxygen atoms in total. The highest BCUT2D eigenvalue weighted by Crippen LogP contribution is 2.24. The van der Waals surface area contributed by atoms with Crippen LogP contribution >= 0.6 is 0 Å². The summed E-state index contributed by atoms with van der Waals surface area (Å²) in [6, 6.07) is 9.33. The fraction of sp³-hybridized carbons (Fsp3) is 0.200. The number of hydrogen-bond donors (Lipinski definition) is 5. The third kappa shape index (κ3) is 5.92. The molecule has 0 aromatic heterocycles. The maximum atomic E-state index is 8.89. The van der Waals surface area contributed by atoms with E-state index in [2.05, 4.69) is 0 Å². The summed E-state index contributed by atoms with van der Waals surface area (Å²) in [5.74, 6) is 0.652. The van der Waals surface area contributed by atoms with Gasteiger partial charge in [0.15, 0.2) is 6.29 Å². The van der Waals surface area contributed by atoms with Crippen LogP contribution in [0.3, 0.4) is 0 Å². The van der Waals surface area contributed by atoms with E-state index in [1.807, 2.05) is 0 Å². The lowest BCUT2D eigenvalue weighted by Gasteiger charge is -2.10. The summed E-state index contributed by atoms with van der Waals surface area (Å²) < 4.78 is 4.97. The number of phenolic OH excluding ortho intramolecular Hbond substituents is 2. The van der Waals surface area contributed by atoms with Crippen LogP contribution in [0.1, 0.15) is 12.5 Å². The third-order valence-corrected chi connectivity index (χ3v) is 2.38. The van der Waals surface area contributed by atoms with Crippen molar-refractivity contribution < 1.29 is 20.1 Å². The monoisotopic (exact) mass is 292 g/mol. The predicted molar refractivity (Wildman–Crippen MR) is 82.1 cm³/mol. The van der Waals surface area contributed by atoms with Crippen molar-refractivity contribution >= 4 is 11.4 Å². The minimum absolute atomic E-state index is 0.104. The van der Waals surface area contributed by atoms with Gasteiger partial charge in [0.2, 0.25) is 0 Å². The lowest BCUT2D eigenvalue weighted by atomic mass is 10.2. The van der Waals surface area contributed by atoms with Crippen molar-refractivity contribution in [3.8, 4) is 17.2 Å². The summed E-state index contributed by atoms with van der Waals surface area (Å²) in [6.07, 6.45) is -0.865. The maximum Gasteiger partial charge on any atom is 0.194 e. The van der Waals surface area contributed by atoms with Crippen LogP contribution in [-0.2, 0) is 0 Å². The molecule has 0 aliphatic heterocycles. The van der Waals surface area contributed by atoms with Gasteiger partial charge in [0.1, 0.15) is 17.2 Å². The van der Waals surface area contributed by atoms with E-state index < -0.39 is 6.29 Å². The van der Waals surface area contributed by atoms with Crippen LogP contribution in [0.2, 0.25) is 0 Å². The first-order valence-corrected chi connectivity index (χ1v) is 6.27. The zero-order valence-electron chi connectivity index (χ0n) is 11.9. The normalized spacial score (nSPS) is 11.2. The van der Waals surface area contributed by atoms with Gasteiger partial charge in [0.25, 0.3) is 0 Å². The van der Waals surface area contributed by atoms with E-state index in [0.29, 0.717) is 17.1 Å². The number of aromatic hydroxyl groups is 2. The van der Waals surface area contributed by atoms with Crippen LogP contribution in [0.15, 0.2) is 36.4 Å². The number of nitrogens with two attached hydrogens (primary N) is 2. The van der Waals surface area contributed by atoms with Crippen LogP contribution in [0, 0.1) is 6.92 Å². The fourth-order valence-corrected chi connectivity index (χ4v) is 1.60. The molecule has 114 valence electrons. The number of nitrogen functional groups attached to an aromatic ring is 2. The second kappa shape index (κ2) is 7.25. The lowest BCUT2D eigenvalue weighted by molar-refractivity contribution is 0.000281. The smallest absolute Gasteiger partial charge is 0.194 e. The number of anilines is 2. The van der Waals surface area contributed by atoms with Crippen molar-refractivity contribution in [2.45, 2.75) is 20.1 Å². The Morgan fingerprint density at radius 1 is 1.00 bits per heavy atom. The van der Waals surface area contributed by atoms with E-state index in [0.717, 1.165) is 5.56 Å². The van der Waals surface area contributed by atoms with E-state index in [4.69, 9.17) is 31.5 Å². The molecular formula is C15H20N2O4. The Kier molecular flexibility index (Phi) is 5.68. The SMILES string of the molecule is CC(O)Oc1ccc(N)cc1N.Cc1cc(O)cc(O)c1. The Hall–Kier alpha value is -2.60. The maximum absolute atomic E-state index is 8.89. The number of aryl methyl sites for hydroxylation is 1.